The van der Waals surface area contributed by atoms with Crippen LogP contribution in [0.3, 0.4) is 0 Å². The number of nitrogens with two attached hydrogens (primary N) is 1. The molecular weight excluding hydrogens is 257 g/mol. The van der Waals surface area contributed by atoms with E-state index >= 15 is 0 Å². The van der Waals surface area contributed by atoms with Gasteiger partial charge >= 0.3 is 0 Å². The maximum atomic E-state index is 13.4. The van der Waals surface area contributed by atoms with Crippen LogP contribution in [0.2, 0.25) is 0 Å². The lowest BCUT2D eigenvalue weighted by molar-refractivity contribution is 0.0951. The predicted octanol–water partition coefficient (Wildman–Crippen LogP) is 2.56. The third-order valence-electron chi connectivity index (χ3n) is 2.77. The minimum atomic E-state index is -0.585. The zero-order valence-corrected chi connectivity index (χ0v) is 10.9. The molecule has 0 radical (unpaired) electrons. The lowest BCUT2D eigenvalue weighted by Crippen LogP contribution is -2.20. The van der Waals surface area contributed by atoms with Gasteiger partial charge in [0.05, 0.1) is 11.3 Å². The van der Waals surface area contributed by atoms with Gasteiger partial charge in [0.15, 0.2) is 0 Å². The highest BCUT2D eigenvalue weighted by Crippen LogP contribution is 2.08. The number of amides is 1. The number of carbonyl (C=O) groups is 1. The summed E-state index contributed by atoms with van der Waals surface area (Å²) in [5.41, 5.74) is 9.96. The smallest absolute Gasteiger partial charge is 0.274 e. The van der Waals surface area contributed by atoms with Crippen LogP contribution in [-0.4, -0.2) is 11.6 Å². The maximum absolute atomic E-state index is 13.4. The summed E-state index contributed by atoms with van der Waals surface area (Å²) in [5, 5.41) is 3.95. The number of nitrogens with zero attached hydrogens (tertiary/aromatic N) is 1. The van der Waals surface area contributed by atoms with Gasteiger partial charge in [0.2, 0.25) is 0 Å². The van der Waals surface area contributed by atoms with Crippen molar-refractivity contribution in [3.05, 3.63) is 65.5 Å². The molecule has 2 aromatic carbocycles. The molecule has 2 aromatic rings. The Hall–Kier alpha value is -2.69. The minimum absolute atomic E-state index is 0.0404. The van der Waals surface area contributed by atoms with E-state index < -0.39 is 11.7 Å². The van der Waals surface area contributed by atoms with E-state index in [1.165, 1.54) is 18.2 Å². The second kappa shape index (κ2) is 5.97. The zero-order valence-electron chi connectivity index (χ0n) is 10.9. The first kappa shape index (κ1) is 13.7. The first-order valence-electron chi connectivity index (χ1n) is 6.03. The molecule has 0 saturated carbocycles. The molecule has 0 aliphatic rings. The number of hydrazone groups is 1. The van der Waals surface area contributed by atoms with Crippen LogP contribution in [0.15, 0.2) is 53.6 Å². The Labute approximate surface area is 116 Å². The van der Waals surface area contributed by atoms with Gasteiger partial charge in [0.25, 0.3) is 5.91 Å². The van der Waals surface area contributed by atoms with Gasteiger partial charge < -0.3 is 5.73 Å². The Kier molecular flexibility index (Phi) is 4.10. The number of hydrogen-bond donors (Lipinski definition) is 2. The van der Waals surface area contributed by atoms with Gasteiger partial charge in [-0.25, -0.2) is 9.82 Å². The Balaban J connectivity index is 2.11. The maximum Gasteiger partial charge on any atom is 0.274 e. The van der Waals surface area contributed by atoms with E-state index in [9.17, 15) is 9.18 Å². The van der Waals surface area contributed by atoms with Crippen LogP contribution in [0, 0.1) is 5.82 Å². The lowest BCUT2D eigenvalue weighted by Gasteiger charge is -2.04. The van der Waals surface area contributed by atoms with Crippen LogP contribution in [0.25, 0.3) is 0 Å². The topological polar surface area (TPSA) is 67.5 Å². The summed E-state index contributed by atoms with van der Waals surface area (Å²) < 4.78 is 13.4. The number of benzene rings is 2. The molecule has 102 valence electrons. The Morgan fingerprint density at radius 1 is 1.15 bits per heavy atom. The fourth-order valence-electron chi connectivity index (χ4n) is 1.63. The van der Waals surface area contributed by atoms with Crippen molar-refractivity contribution < 1.29 is 9.18 Å². The lowest BCUT2D eigenvalue weighted by atomic mass is 10.1. The van der Waals surface area contributed by atoms with Gasteiger partial charge in [0, 0.05) is 5.69 Å². The third-order valence-corrected chi connectivity index (χ3v) is 2.77. The molecule has 20 heavy (non-hydrogen) atoms. The van der Waals surface area contributed by atoms with E-state index in [2.05, 4.69) is 10.5 Å². The van der Waals surface area contributed by atoms with Crippen LogP contribution < -0.4 is 11.2 Å². The molecule has 4 nitrogen and oxygen atoms in total. The number of hydrogen-bond acceptors (Lipinski definition) is 3. The highest BCUT2D eigenvalue weighted by Gasteiger charge is 2.09. The highest BCUT2D eigenvalue weighted by atomic mass is 19.1. The molecule has 0 aromatic heterocycles. The van der Waals surface area contributed by atoms with Crippen molar-refractivity contribution >= 4 is 17.3 Å². The van der Waals surface area contributed by atoms with Gasteiger partial charge in [-0.05, 0) is 36.8 Å². The molecule has 0 unspecified atom stereocenters. The van der Waals surface area contributed by atoms with E-state index in [1.54, 1.807) is 37.3 Å². The molecule has 0 saturated heterocycles. The highest BCUT2D eigenvalue weighted by molar-refractivity contribution is 6.01. The van der Waals surface area contributed by atoms with E-state index in [4.69, 9.17) is 5.73 Å². The fourth-order valence-corrected chi connectivity index (χ4v) is 1.63. The Morgan fingerprint density at radius 2 is 1.80 bits per heavy atom. The molecule has 0 bridgehead atoms. The van der Waals surface area contributed by atoms with Crippen LogP contribution in [0.5, 0.6) is 0 Å². The second-order valence-corrected chi connectivity index (χ2v) is 4.24. The van der Waals surface area contributed by atoms with E-state index in [-0.39, 0.29) is 5.56 Å². The molecule has 0 atom stereocenters. The molecule has 1 amide bonds. The van der Waals surface area contributed by atoms with Crippen molar-refractivity contribution in [1.29, 1.82) is 0 Å². The quantitative estimate of drug-likeness (QED) is 0.512. The molecule has 2 rings (SSSR count). The summed E-state index contributed by atoms with van der Waals surface area (Å²) in [6, 6.07) is 12.8. The SMILES string of the molecule is CC(=NNC(=O)c1ccccc1F)c1ccc(N)cc1. The first-order valence-corrected chi connectivity index (χ1v) is 6.03. The minimum Gasteiger partial charge on any atom is -0.399 e. The molecular formula is C15H14FN3O. The van der Waals surface area contributed by atoms with Crippen molar-refractivity contribution in [3.63, 3.8) is 0 Å². The van der Waals surface area contributed by atoms with Crippen molar-refractivity contribution in [2.24, 2.45) is 5.10 Å². The molecule has 3 N–H and O–H groups in total. The molecule has 0 spiro atoms. The van der Waals surface area contributed by atoms with Gasteiger partial charge in [-0.3, -0.25) is 4.79 Å². The summed E-state index contributed by atoms with van der Waals surface area (Å²) in [6.45, 7) is 1.74. The van der Waals surface area contributed by atoms with Crippen molar-refractivity contribution in [2.45, 2.75) is 6.92 Å². The number of anilines is 1. The average Bonchev–Trinajstić information content (AvgIpc) is 2.45. The van der Waals surface area contributed by atoms with Crippen molar-refractivity contribution in [3.8, 4) is 0 Å². The number of nitrogens with one attached hydrogen (secondary N) is 1. The van der Waals surface area contributed by atoms with Gasteiger partial charge in [-0.2, -0.15) is 5.10 Å². The molecule has 0 aliphatic carbocycles. The fraction of sp³-hybridized carbons (Fsp3) is 0.0667. The van der Waals surface area contributed by atoms with Crippen LogP contribution in [0.4, 0.5) is 10.1 Å². The Bertz CT molecular complexity index is 650. The number of rotatable bonds is 3. The van der Waals surface area contributed by atoms with Crippen LogP contribution >= 0.6 is 0 Å². The van der Waals surface area contributed by atoms with Crippen molar-refractivity contribution in [1.82, 2.24) is 5.43 Å². The van der Waals surface area contributed by atoms with Gasteiger partial charge in [0.1, 0.15) is 5.82 Å². The summed E-state index contributed by atoms with van der Waals surface area (Å²) in [7, 11) is 0. The number of halogens is 1. The van der Waals surface area contributed by atoms with Crippen LogP contribution in [0.1, 0.15) is 22.8 Å². The summed E-state index contributed by atoms with van der Waals surface area (Å²) in [6.07, 6.45) is 0. The standard InChI is InChI=1S/C15H14FN3O/c1-10(11-6-8-12(17)9-7-11)18-19-15(20)13-4-2-3-5-14(13)16/h2-9H,17H2,1H3,(H,19,20). The average molecular weight is 271 g/mol. The van der Waals surface area contributed by atoms with Gasteiger partial charge in [-0.15, -0.1) is 0 Å². The molecule has 0 heterocycles. The molecule has 5 heteroatoms. The largest absolute Gasteiger partial charge is 0.399 e. The van der Waals surface area contributed by atoms with E-state index in [0.29, 0.717) is 11.4 Å². The third kappa shape index (κ3) is 3.20. The summed E-state index contributed by atoms with van der Waals surface area (Å²) in [4.78, 5) is 11.8. The van der Waals surface area contributed by atoms with E-state index in [0.717, 1.165) is 5.56 Å². The number of nitrogen functional groups attached to an aromatic ring is 1. The van der Waals surface area contributed by atoms with Crippen molar-refractivity contribution in [2.75, 3.05) is 5.73 Å². The predicted molar refractivity (Wildman–Crippen MR) is 76.9 cm³/mol. The molecule has 0 aliphatic heterocycles. The van der Waals surface area contributed by atoms with Crippen LogP contribution in [-0.2, 0) is 0 Å². The first-order chi connectivity index (χ1) is 9.58. The van der Waals surface area contributed by atoms with Gasteiger partial charge in [-0.1, -0.05) is 24.3 Å². The summed E-state index contributed by atoms with van der Waals surface area (Å²) in [5.74, 6) is -1.16. The zero-order chi connectivity index (χ0) is 14.5. The monoisotopic (exact) mass is 271 g/mol. The normalized spacial score (nSPS) is 11.2. The summed E-state index contributed by atoms with van der Waals surface area (Å²) >= 11 is 0. The molecule has 0 fully saturated rings. The number of carbonyl (C=O) groups excluding carboxylic acids is 1. The Morgan fingerprint density at radius 3 is 2.45 bits per heavy atom. The second-order valence-electron chi connectivity index (χ2n) is 4.24. The van der Waals surface area contributed by atoms with E-state index in [1.807, 2.05) is 0 Å².